The fraction of sp³-hybridized carbons (Fsp3) is 0.333. The van der Waals surface area contributed by atoms with Crippen LogP contribution in [0.2, 0.25) is 0 Å². The molecule has 1 aliphatic heterocycles. The van der Waals surface area contributed by atoms with E-state index in [1.54, 1.807) is 7.11 Å². The Bertz CT molecular complexity index is 975. The Morgan fingerprint density at radius 3 is 2.45 bits per heavy atom. The highest BCUT2D eigenvalue weighted by atomic mass is 79.9. The summed E-state index contributed by atoms with van der Waals surface area (Å²) in [6.45, 7) is 3.43. The zero-order chi connectivity index (χ0) is 19.5. The van der Waals surface area contributed by atoms with E-state index in [9.17, 15) is 4.79 Å². The van der Waals surface area contributed by atoms with Crippen LogP contribution in [0.25, 0.3) is 11.3 Å². The summed E-state index contributed by atoms with van der Waals surface area (Å²) in [5, 5.41) is 0. The highest BCUT2D eigenvalue weighted by Crippen LogP contribution is 2.26. The Morgan fingerprint density at radius 2 is 1.76 bits per heavy atom. The van der Waals surface area contributed by atoms with Gasteiger partial charge < -0.3 is 21.7 Å². The highest BCUT2D eigenvalue weighted by Gasteiger charge is 2.27. The Morgan fingerprint density at radius 1 is 1.03 bits per heavy atom. The molecule has 2 heterocycles. The van der Waals surface area contributed by atoms with Gasteiger partial charge in [-0.25, -0.2) is 9.13 Å². The molecule has 4 nitrogen and oxygen atoms in total. The van der Waals surface area contributed by atoms with Crippen molar-refractivity contribution in [2.75, 3.05) is 7.11 Å². The number of hydrogen-bond donors (Lipinski definition) is 0. The van der Waals surface area contributed by atoms with E-state index in [1.165, 1.54) is 36.3 Å². The molecule has 0 amide bonds. The zero-order valence-electron chi connectivity index (χ0n) is 17.0. The van der Waals surface area contributed by atoms with E-state index in [-0.39, 0.29) is 22.8 Å². The molecule has 29 heavy (non-hydrogen) atoms. The van der Waals surface area contributed by atoms with Crippen molar-refractivity contribution < 1.29 is 31.1 Å². The van der Waals surface area contributed by atoms with E-state index in [4.69, 9.17) is 4.74 Å². The lowest BCUT2D eigenvalue weighted by atomic mass is 10.1. The fourth-order valence-electron chi connectivity index (χ4n) is 3.96. The zero-order valence-corrected chi connectivity index (χ0v) is 18.6. The van der Waals surface area contributed by atoms with Crippen molar-refractivity contribution in [2.45, 2.75) is 45.7 Å². The molecule has 4 rings (SSSR count). The van der Waals surface area contributed by atoms with Gasteiger partial charge in [0.1, 0.15) is 11.9 Å². The van der Waals surface area contributed by atoms with E-state index in [0.29, 0.717) is 6.54 Å². The first-order chi connectivity index (χ1) is 13.7. The van der Waals surface area contributed by atoms with Gasteiger partial charge in [0.2, 0.25) is 5.78 Å². The Hall–Kier alpha value is -2.40. The number of imidazole rings is 1. The summed E-state index contributed by atoms with van der Waals surface area (Å²) < 4.78 is 9.86. The number of ketones is 1. The van der Waals surface area contributed by atoms with Crippen LogP contribution in [-0.2, 0) is 19.5 Å². The molecule has 3 aromatic rings. The van der Waals surface area contributed by atoms with Crippen LogP contribution in [0.1, 0.15) is 41.0 Å². The standard InChI is InChI=1S/C24H27N2O2.BrH/c1-18-7-9-20(10-8-18)23(27)17-25-16-22(19-11-13-21(28-2)14-12-19)26-15-5-3-4-6-24(25)26;/h7-14,16H,3-6,15,17H2,1-2H3;1H/q+1;/p-1. The second-order valence-electron chi connectivity index (χ2n) is 7.54. The smallest absolute Gasteiger partial charge is 0.257 e. The van der Waals surface area contributed by atoms with Crippen molar-refractivity contribution in [2.24, 2.45) is 0 Å². The molecule has 0 spiro atoms. The van der Waals surface area contributed by atoms with Gasteiger partial charge >= 0.3 is 0 Å². The number of methoxy groups -OCH3 is 1. The molecule has 0 radical (unpaired) electrons. The van der Waals surface area contributed by atoms with Crippen LogP contribution < -0.4 is 26.3 Å². The maximum absolute atomic E-state index is 12.9. The number of halogens is 1. The summed E-state index contributed by atoms with van der Waals surface area (Å²) in [6, 6.07) is 16.0. The highest BCUT2D eigenvalue weighted by molar-refractivity contribution is 5.95. The minimum Gasteiger partial charge on any atom is -1.00 e. The number of Topliss-reactive ketones (excluding diaryl/α,β-unsaturated/α-hetero) is 1. The van der Waals surface area contributed by atoms with Gasteiger partial charge in [-0.15, -0.1) is 0 Å². The minimum atomic E-state index is 0. The Labute approximate surface area is 182 Å². The number of nitrogens with zero attached hydrogens (tertiary/aromatic N) is 2. The minimum absolute atomic E-state index is 0. The van der Waals surface area contributed by atoms with E-state index in [2.05, 4.69) is 27.5 Å². The maximum atomic E-state index is 12.9. The lowest BCUT2D eigenvalue weighted by molar-refractivity contribution is -0.690. The molecule has 0 bridgehead atoms. The average Bonchev–Trinajstić information content (AvgIpc) is 2.89. The number of fused-ring (bicyclic) bond motifs is 1. The molecule has 0 aliphatic carbocycles. The normalized spacial score (nSPS) is 13.2. The average molecular weight is 455 g/mol. The Balaban J connectivity index is 0.00000240. The van der Waals surface area contributed by atoms with Gasteiger partial charge in [-0.2, -0.15) is 0 Å². The van der Waals surface area contributed by atoms with Gasteiger partial charge in [-0.05, 0) is 50.5 Å². The van der Waals surface area contributed by atoms with Crippen LogP contribution in [0.5, 0.6) is 5.75 Å². The number of hydrogen-bond acceptors (Lipinski definition) is 2. The number of rotatable bonds is 5. The molecule has 0 atom stereocenters. The number of benzene rings is 2. The molecule has 0 N–H and O–H groups in total. The van der Waals surface area contributed by atoms with Crippen molar-refractivity contribution in [3.8, 4) is 17.0 Å². The molecule has 152 valence electrons. The largest absolute Gasteiger partial charge is 1.00 e. The van der Waals surface area contributed by atoms with E-state index in [1.807, 2.05) is 43.3 Å². The summed E-state index contributed by atoms with van der Waals surface area (Å²) in [5.41, 5.74) is 4.28. The van der Waals surface area contributed by atoms with Crippen LogP contribution in [0.15, 0.2) is 54.7 Å². The van der Waals surface area contributed by atoms with Crippen molar-refractivity contribution >= 4 is 5.78 Å². The molecule has 0 saturated carbocycles. The van der Waals surface area contributed by atoms with Gasteiger partial charge in [-0.3, -0.25) is 4.79 Å². The third-order valence-electron chi connectivity index (χ3n) is 5.57. The van der Waals surface area contributed by atoms with Crippen molar-refractivity contribution in [1.29, 1.82) is 0 Å². The first-order valence-electron chi connectivity index (χ1n) is 10.0. The van der Waals surface area contributed by atoms with E-state index >= 15 is 0 Å². The number of carbonyl (C=O) groups excluding carboxylic acids is 1. The molecule has 1 aliphatic rings. The van der Waals surface area contributed by atoms with Crippen LogP contribution >= 0.6 is 0 Å². The van der Waals surface area contributed by atoms with E-state index in [0.717, 1.165) is 29.8 Å². The quantitative estimate of drug-likeness (QED) is 0.431. The summed E-state index contributed by atoms with van der Waals surface area (Å²) in [5.74, 6) is 2.27. The molecule has 0 fully saturated rings. The summed E-state index contributed by atoms with van der Waals surface area (Å²) in [7, 11) is 1.68. The lowest BCUT2D eigenvalue weighted by Crippen LogP contribution is -3.00. The Kier molecular flexibility index (Phi) is 6.91. The fourth-order valence-corrected chi connectivity index (χ4v) is 3.96. The second-order valence-corrected chi connectivity index (χ2v) is 7.54. The second kappa shape index (κ2) is 9.40. The number of carbonyl (C=O) groups is 1. The molecule has 1 aromatic heterocycles. The van der Waals surface area contributed by atoms with Gasteiger partial charge in [0.25, 0.3) is 5.82 Å². The number of ether oxygens (including phenoxy) is 1. The molecule has 5 heteroatoms. The summed E-state index contributed by atoms with van der Waals surface area (Å²) in [6.07, 6.45) is 6.74. The van der Waals surface area contributed by atoms with Gasteiger partial charge in [0.05, 0.1) is 13.7 Å². The van der Waals surface area contributed by atoms with Crippen molar-refractivity contribution in [1.82, 2.24) is 4.57 Å². The van der Waals surface area contributed by atoms with Crippen LogP contribution in [0.3, 0.4) is 0 Å². The molecular weight excluding hydrogens is 428 g/mol. The maximum Gasteiger partial charge on any atom is 0.257 e. The summed E-state index contributed by atoms with van der Waals surface area (Å²) in [4.78, 5) is 12.9. The lowest BCUT2D eigenvalue weighted by Gasteiger charge is -2.04. The predicted molar refractivity (Wildman–Crippen MR) is 110 cm³/mol. The van der Waals surface area contributed by atoms with Crippen LogP contribution in [-0.4, -0.2) is 17.5 Å². The monoisotopic (exact) mass is 454 g/mol. The van der Waals surface area contributed by atoms with Crippen molar-refractivity contribution in [3.63, 3.8) is 0 Å². The SMILES string of the molecule is COc1ccc(-c2c[n+](CC(=O)c3ccc(C)cc3)c3n2CCCCC3)cc1.[Br-]. The first kappa shape index (κ1) is 21.3. The molecular formula is C24H27BrN2O2. The van der Waals surface area contributed by atoms with E-state index < -0.39 is 0 Å². The van der Waals surface area contributed by atoms with Crippen molar-refractivity contribution in [3.05, 3.63) is 71.7 Å². The first-order valence-corrected chi connectivity index (χ1v) is 10.0. The number of aryl methyl sites for hydroxylation is 1. The topological polar surface area (TPSA) is 35.1 Å². The molecule has 2 aromatic carbocycles. The summed E-state index contributed by atoms with van der Waals surface area (Å²) >= 11 is 0. The van der Waals surface area contributed by atoms with Gasteiger partial charge in [-0.1, -0.05) is 29.8 Å². The third-order valence-corrected chi connectivity index (χ3v) is 5.57. The predicted octanol–water partition coefficient (Wildman–Crippen LogP) is 1.37. The number of aromatic nitrogens is 2. The van der Waals surface area contributed by atoms with Gasteiger partial charge in [0, 0.05) is 17.5 Å². The van der Waals surface area contributed by atoms with Crippen LogP contribution in [0, 0.1) is 6.92 Å². The molecule has 0 unspecified atom stereocenters. The van der Waals surface area contributed by atoms with Crippen LogP contribution in [0.4, 0.5) is 0 Å². The third kappa shape index (κ3) is 4.61. The van der Waals surface area contributed by atoms with Gasteiger partial charge in [0.15, 0.2) is 12.2 Å². The molecule has 0 saturated heterocycles.